The Morgan fingerprint density at radius 1 is 1.00 bits per heavy atom. The number of nitrogens with zero attached hydrogens (tertiary/aromatic N) is 4. The smallest absolute Gasteiger partial charge is 0.324 e. The minimum absolute atomic E-state index is 0.118. The van der Waals surface area contributed by atoms with Crippen LogP contribution in [-0.4, -0.2) is 31.7 Å². The van der Waals surface area contributed by atoms with E-state index in [9.17, 15) is 9.59 Å². The predicted octanol–water partition coefficient (Wildman–Crippen LogP) is 4.30. The molecule has 4 aromatic rings. The number of nitrogens with two attached hydrogens (primary N) is 1. The van der Waals surface area contributed by atoms with Gasteiger partial charge in [-0.05, 0) is 29.8 Å². The Bertz CT molecular complexity index is 1360. The summed E-state index contributed by atoms with van der Waals surface area (Å²) in [5.74, 6) is 0.0770. The van der Waals surface area contributed by atoms with E-state index in [0.29, 0.717) is 22.9 Å². The molecule has 4 N–H and O–H groups in total. The first-order chi connectivity index (χ1) is 16.7. The Kier molecular flexibility index (Phi) is 6.59. The number of amides is 3. The second kappa shape index (κ2) is 9.76. The SMILES string of the molecule is CC(C)(C)c1cc(NC(=O)Nc2cccc(-c3cnccn3)c2)n(-c2cccc(CC(N)=O)c2)n1. The average Bonchev–Trinajstić information content (AvgIpc) is 3.24. The number of nitrogens with one attached hydrogen (secondary N) is 2. The molecule has 0 atom stereocenters. The van der Waals surface area contributed by atoms with Crippen LogP contribution in [0.2, 0.25) is 0 Å². The molecule has 0 fully saturated rings. The van der Waals surface area contributed by atoms with Crippen LogP contribution in [0.1, 0.15) is 32.0 Å². The highest BCUT2D eigenvalue weighted by molar-refractivity contribution is 5.99. The Labute approximate surface area is 203 Å². The van der Waals surface area contributed by atoms with E-state index in [4.69, 9.17) is 10.8 Å². The largest absolute Gasteiger partial charge is 0.369 e. The molecule has 0 saturated heterocycles. The molecular weight excluding hydrogens is 442 g/mol. The van der Waals surface area contributed by atoms with Crippen molar-refractivity contribution in [2.75, 3.05) is 10.6 Å². The van der Waals surface area contributed by atoms with Crippen LogP contribution in [0.15, 0.2) is 73.2 Å². The summed E-state index contributed by atoms with van der Waals surface area (Å²) in [6.45, 7) is 6.14. The molecule has 4 rings (SSSR count). The maximum Gasteiger partial charge on any atom is 0.324 e. The molecule has 35 heavy (non-hydrogen) atoms. The summed E-state index contributed by atoms with van der Waals surface area (Å²) in [5, 5.41) is 10.5. The van der Waals surface area contributed by atoms with Gasteiger partial charge in [-0.3, -0.25) is 20.1 Å². The predicted molar refractivity (Wildman–Crippen MR) is 135 cm³/mol. The van der Waals surface area contributed by atoms with E-state index >= 15 is 0 Å². The summed E-state index contributed by atoms with van der Waals surface area (Å²) in [5.41, 5.74) is 9.54. The van der Waals surface area contributed by atoms with E-state index in [1.165, 1.54) is 0 Å². The van der Waals surface area contributed by atoms with Gasteiger partial charge in [-0.2, -0.15) is 5.10 Å². The number of primary amides is 1. The fraction of sp³-hybridized carbons (Fsp3) is 0.192. The van der Waals surface area contributed by atoms with Gasteiger partial charge in [-0.15, -0.1) is 0 Å². The number of anilines is 2. The van der Waals surface area contributed by atoms with E-state index < -0.39 is 11.9 Å². The first-order valence-corrected chi connectivity index (χ1v) is 11.1. The molecule has 0 aliphatic rings. The van der Waals surface area contributed by atoms with Crippen molar-refractivity contribution in [3.8, 4) is 16.9 Å². The van der Waals surface area contributed by atoms with Crippen molar-refractivity contribution in [3.63, 3.8) is 0 Å². The molecule has 0 aliphatic carbocycles. The maximum absolute atomic E-state index is 12.9. The Morgan fingerprint density at radius 3 is 2.51 bits per heavy atom. The molecule has 0 radical (unpaired) electrons. The van der Waals surface area contributed by atoms with Gasteiger partial charge < -0.3 is 11.1 Å². The number of benzene rings is 2. The standard InChI is InChI=1S/C26H27N7O2/c1-26(2,3)22-15-24(33(32-22)20-9-4-6-17(12-20)13-23(27)34)31-25(35)30-19-8-5-7-18(14-19)21-16-28-10-11-29-21/h4-12,14-16H,13H2,1-3H3,(H2,27,34)(H2,30,31,35). The third-order valence-electron chi connectivity index (χ3n) is 5.23. The minimum Gasteiger partial charge on any atom is -0.369 e. The molecule has 2 aromatic carbocycles. The van der Waals surface area contributed by atoms with E-state index in [1.54, 1.807) is 29.3 Å². The van der Waals surface area contributed by atoms with Crippen LogP contribution in [0, 0.1) is 0 Å². The summed E-state index contributed by atoms with van der Waals surface area (Å²) >= 11 is 0. The van der Waals surface area contributed by atoms with Crippen molar-refractivity contribution in [3.05, 3.63) is 84.4 Å². The highest BCUT2D eigenvalue weighted by Crippen LogP contribution is 2.27. The van der Waals surface area contributed by atoms with Crippen molar-refractivity contribution in [1.29, 1.82) is 0 Å². The van der Waals surface area contributed by atoms with Crippen molar-refractivity contribution < 1.29 is 9.59 Å². The third-order valence-corrected chi connectivity index (χ3v) is 5.23. The Morgan fingerprint density at radius 2 is 1.80 bits per heavy atom. The lowest BCUT2D eigenvalue weighted by Crippen LogP contribution is -2.21. The summed E-state index contributed by atoms with van der Waals surface area (Å²) in [6.07, 6.45) is 5.01. The quantitative estimate of drug-likeness (QED) is 0.388. The first kappa shape index (κ1) is 23.6. The van der Waals surface area contributed by atoms with Crippen LogP contribution < -0.4 is 16.4 Å². The minimum atomic E-state index is -0.420. The lowest BCUT2D eigenvalue weighted by Gasteiger charge is -2.14. The fourth-order valence-corrected chi connectivity index (χ4v) is 3.52. The number of aromatic nitrogens is 4. The molecule has 2 aromatic heterocycles. The van der Waals surface area contributed by atoms with E-state index in [2.05, 4.69) is 20.6 Å². The highest BCUT2D eigenvalue weighted by Gasteiger charge is 2.22. The second-order valence-electron chi connectivity index (χ2n) is 9.14. The van der Waals surface area contributed by atoms with Crippen LogP contribution in [0.25, 0.3) is 16.9 Å². The highest BCUT2D eigenvalue weighted by atomic mass is 16.2. The van der Waals surface area contributed by atoms with Gasteiger partial charge in [0.1, 0.15) is 5.82 Å². The number of hydrogen-bond acceptors (Lipinski definition) is 5. The molecule has 0 saturated carbocycles. The van der Waals surface area contributed by atoms with Gasteiger partial charge >= 0.3 is 6.03 Å². The van der Waals surface area contributed by atoms with E-state index in [1.807, 2.05) is 69.3 Å². The van der Waals surface area contributed by atoms with Gasteiger partial charge in [0.15, 0.2) is 0 Å². The summed E-state index contributed by atoms with van der Waals surface area (Å²) in [4.78, 5) is 32.7. The van der Waals surface area contributed by atoms with Gasteiger partial charge in [0.25, 0.3) is 0 Å². The number of hydrogen-bond donors (Lipinski definition) is 3. The Hall–Kier alpha value is -4.53. The van der Waals surface area contributed by atoms with Gasteiger partial charge in [0, 0.05) is 35.1 Å². The van der Waals surface area contributed by atoms with E-state index in [0.717, 1.165) is 16.8 Å². The molecule has 0 spiro atoms. The second-order valence-corrected chi connectivity index (χ2v) is 9.14. The lowest BCUT2D eigenvalue weighted by molar-refractivity contribution is -0.117. The number of carbonyl (C=O) groups excluding carboxylic acids is 2. The zero-order valence-electron chi connectivity index (χ0n) is 19.8. The van der Waals surface area contributed by atoms with Crippen LogP contribution in [0.3, 0.4) is 0 Å². The summed E-state index contributed by atoms with van der Waals surface area (Å²) < 4.78 is 1.65. The summed E-state index contributed by atoms with van der Waals surface area (Å²) in [6, 6.07) is 16.1. The Balaban J connectivity index is 1.60. The molecule has 9 nitrogen and oxygen atoms in total. The normalized spacial score (nSPS) is 11.2. The molecule has 178 valence electrons. The third kappa shape index (κ3) is 5.89. The monoisotopic (exact) mass is 469 g/mol. The van der Waals surface area contributed by atoms with Crippen LogP contribution in [-0.2, 0) is 16.6 Å². The van der Waals surface area contributed by atoms with Crippen molar-refractivity contribution in [1.82, 2.24) is 19.7 Å². The fourth-order valence-electron chi connectivity index (χ4n) is 3.52. The number of carbonyl (C=O) groups is 2. The van der Waals surface area contributed by atoms with Gasteiger partial charge in [0.05, 0.1) is 29.7 Å². The van der Waals surface area contributed by atoms with Crippen molar-refractivity contribution >= 4 is 23.4 Å². The van der Waals surface area contributed by atoms with Gasteiger partial charge in [-0.1, -0.05) is 45.0 Å². The molecule has 3 amide bonds. The molecule has 9 heteroatoms. The zero-order chi connectivity index (χ0) is 25.0. The summed E-state index contributed by atoms with van der Waals surface area (Å²) in [7, 11) is 0. The van der Waals surface area contributed by atoms with E-state index in [-0.39, 0.29) is 11.8 Å². The van der Waals surface area contributed by atoms with Crippen LogP contribution in [0.4, 0.5) is 16.3 Å². The topological polar surface area (TPSA) is 128 Å². The van der Waals surface area contributed by atoms with Gasteiger partial charge in [-0.25, -0.2) is 9.48 Å². The molecule has 0 unspecified atom stereocenters. The van der Waals surface area contributed by atoms with Crippen LogP contribution >= 0.6 is 0 Å². The zero-order valence-corrected chi connectivity index (χ0v) is 19.8. The molecule has 0 aliphatic heterocycles. The first-order valence-electron chi connectivity index (χ1n) is 11.1. The number of urea groups is 1. The van der Waals surface area contributed by atoms with Crippen molar-refractivity contribution in [2.24, 2.45) is 5.73 Å². The number of rotatable bonds is 6. The maximum atomic E-state index is 12.9. The molecular formula is C26H27N7O2. The van der Waals surface area contributed by atoms with Gasteiger partial charge in [0.2, 0.25) is 5.91 Å². The van der Waals surface area contributed by atoms with Crippen LogP contribution in [0.5, 0.6) is 0 Å². The lowest BCUT2D eigenvalue weighted by atomic mass is 9.92. The van der Waals surface area contributed by atoms with Crippen molar-refractivity contribution in [2.45, 2.75) is 32.6 Å². The molecule has 2 heterocycles. The molecule has 0 bridgehead atoms. The average molecular weight is 470 g/mol.